The van der Waals surface area contributed by atoms with E-state index >= 15 is 0 Å². The molecule has 0 bridgehead atoms. The van der Waals surface area contributed by atoms with E-state index in [1.54, 1.807) is 0 Å². The van der Waals surface area contributed by atoms with Crippen molar-refractivity contribution in [3.63, 3.8) is 0 Å². The van der Waals surface area contributed by atoms with Gasteiger partial charge in [-0.25, -0.2) is 0 Å². The molecule has 1 saturated carbocycles. The zero-order chi connectivity index (χ0) is 16.3. The van der Waals surface area contributed by atoms with Crippen LogP contribution in [0.4, 0.5) is 0 Å². The van der Waals surface area contributed by atoms with Crippen LogP contribution in [0.5, 0.6) is 0 Å². The van der Waals surface area contributed by atoms with Crippen molar-refractivity contribution in [2.45, 2.75) is 31.2 Å². The van der Waals surface area contributed by atoms with Crippen molar-refractivity contribution < 1.29 is 4.79 Å². The average Bonchev–Trinajstić information content (AvgIpc) is 2.54. The van der Waals surface area contributed by atoms with E-state index in [2.05, 4.69) is 39.4 Å². The van der Waals surface area contributed by atoms with E-state index in [1.807, 2.05) is 30.3 Å². The summed E-state index contributed by atoms with van der Waals surface area (Å²) in [5.74, 6) is -0.0187. The van der Waals surface area contributed by atoms with Crippen LogP contribution in [0.2, 0.25) is 0 Å². The molecule has 3 rings (SSSR count). The Morgan fingerprint density at radius 1 is 1.17 bits per heavy atom. The molecule has 3 nitrogen and oxygen atoms in total. The number of carbonyl (C=O) groups is 1. The zero-order valence-electron chi connectivity index (χ0n) is 13.0. The first-order chi connectivity index (χ1) is 11.1. The highest BCUT2D eigenvalue weighted by molar-refractivity contribution is 9.10. The molecule has 2 aromatic carbocycles. The Bertz CT molecular complexity index is 693. The van der Waals surface area contributed by atoms with Crippen LogP contribution in [0.3, 0.4) is 0 Å². The van der Waals surface area contributed by atoms with Gasteiger partial charge in [0.15, 0.2) is 0 Å². The summed E-state index contributed by atoms with van der Waals surface area (Å²) in [5, 5.41) is 3.11. The number of hydrogen-bond acceptors (Lipinski definition) is 2. The smallest absolute Gasteiger partial charge is 0.251 e. The third-order valence-electron chi connectivity index (χ3n) is 4.79. The van der Waals surface area contributed by atoms with Crippen LogP contribution in [0.15, 0.2) is 53.0 Å². The molecule has 1 aliphatic rings. The van der Waals surface area contributed by atoms with Crippen LogP contribution in [-0.2, 0) is 12.0 Å². The first-order valence-electron chi connectivity index (χ1n) is 7.96. The van der Waals surface area contributed by atoms with Crippen molar-refractivity contribution in [2.24, 2.45) is 5.73 Å². The highest BCUT2D eigenvalue weighted by Crippen LogP contribution is 2.43. The number of rotatable bonds is 5. The first kappa shape index (κ1) is 16.2. The van der Waals surface area contributed by atoms with Gasteiger partial charge in [0.25, 0.3) is 5.91 Å². The Labute approximate surface area is 145 Å². The lowest BCUT2D eigenvalue weighted by molar-refractivity contribution is 0.0928. The topological polar surface area (TPSA) is 55.1 Å². The van der Waals surface area contributed by atoms with E-state index < -0.39 is 0 Å². The molecule has 0 spiro atoms. The maximum atomic E-state index is 12.4. The van der Waals surface area contributed by atoms with Crippen molar-refractivity contribution in [3.8, 4) is 0 Å². The monoisotopic (exact) mass is 372 g/mol. The Morgan fingerprint density at radius 3 is 2.48 bits per heavy atom. The highest BCUT2D eigenvalue weighted by Gasteiger charge is 2.38. The molecule has 0 radical (unpaired) electrons. The maximum absolute atomic E-state index is 12.4. The quantitative estimate of drug-likeness (QED) is 0.839. The largest absolute Gasteiger partial charge is 0.351 e. The van der Waals surface area contributed by atoms with Crippen LogP contribution in [0.1, 0.15) is 40.7 Å². The summed E-state index contributed by atoms with van der Waals surface area (Å²) in [4.78, 5) is 12.4. The summed E-state index contributed by atoms with van der Waals surface area (Å²) in [5.41, 5.74) is 8.69. The summed E-state index contributed by atoms with van der Waals surface area (Å²) in [6, 6.07) is 15.9. The molecular weight excluding hydrogens is 352 g/mol. The van der Waals surface area contributed by atoms with Crippen molar-refractivity contribution in [1.29, 1.82) is 0 Å². The molecule has 0 unspecified atom stereocenters. The van der Waals surface area contributed by atoms with Crippen molar-refractivity contribution in [3.05, 3.63) is 69.7 Å². The van der Waals surface area contributed by atoms with Gasteiger partial charge < -0.3 is 11.1 Å². The Balaban J connectivity index is 1.69. The van der Waals surface area contributed by atoms with Crippen LogP contribution in [-0.4, -0.2) is 12.5 Å². The Kier molecular flexibility index (Phi) is 4.83. The van der Waals surface area contributed by atoms with Gasteiger partial charge in [0.1, 0.15) is 0 Å². The van der Waals surface area contributed by atoms with Gasteiger partial charge in [0, 0.05) is 28.5 Å². The Hall–Kier alpha value is -1.65. The fraction of sp³-hybridized carbons (Fsp3) is 0.316. The van der Waals surface area contributed by atoms with Gasteiger partial charge in [0.2, 0.25) is 0 Å². The van der Waals surface area contributed by atoms with Gasteiger partial charge in [-0.15, -0.1) is 0 Å². The van der Waals surface area contributed by atoms with Gasteiger partial charge in [0.05, 0.1) is 0 Å². The summed E-state index contributed by atoms with van der Waals surface area (Å²) in [7, 11) is 0. The average molecular weight is 373 g/mol. The standard InChI is InChI=1S/C19H21BrN2O/c20-17-4-1-3-16(11-17)19(9-2-10-19)13-22-18(23)15-7-5-14(12-21)6-8-15/h1,3-8,11H,2,9-10,12-13,21H2,(H,22,23). The van der Waals surface area contributed by atoms with E-state index in [-0.39, 0.29) is 11.3 Å². The molecule has 3 N–H and O–H groups in total. The molecule has 0 aromatic heterocycles. The molecular formula is C19H21BrN2O. The molecule has 23 heavy (non-hydrogen) atoms. The number of carbonyl (C=O) groups excluding carboxylic acids is 1. The summed E-state index contributed by atoms with van der Waals surface area (Å²) in [6.45, 7) is 1.18. The molecule has 0 aliphatic heterocycles. The van der Waals surface area contributed by atoms with Gasteiger partial charge in [-0.05, 0) is 48.2 Å². The van der Waals surface area contributed by atoms with Gasteiger partial charge in [-0.1, -0.05) is 46.6 Å². The molecule has 1 amide bonds. The van der Waals surface area contributed by atoms with E-state index in [4.69, 9.17) is 5.73 Å². The number of amides is 1. The lowest BCUT2D eigenvalue weighted by Gasteiger charge is -2.42. The van der Waals surface area contributed by atoms with Crippen LogP contribution in [0.25, 0.3) is 0 Å². The predicted molar refractivity (Wildman–Crippen MR) is 96.3 cm³/mol. The number of nitrogens with two attached hydrogens (primary N) is 1. The molecule has 0 atom stereocenters. The van der Waals surface area contributed by atoms with E-state index in [0.29, 0.717) is 18.7 Å². The number of benzene rings is 2. The lowest BCUT2D eigenvalue weighted by atomic mass is 9.64. The summed E-state index contributed by atoms with van der Waals surface area (Å²) >= 11 is 3.54. The lowest BCUT2D eigenvalue weighted by Crippen LogP contribution is -2.45. The van der Waals surface area contributed by atoms with E-state index in [1.165, 1.54) is 12.0 Å². The molecule has 120 valence electrons. The minimum atomic E-state index is -0.0187. The van der Waals surface area contributed by atoms with Crippen LogP contribution in [0, 0.1) is 0 Å². The summed E-state index contributed by atoms with van der Waals surface area (Å²) in [6.07, 6.45) is 3.46. The number of halogens is 1. The van der Waals surface area contributed by atoms with Crippen LogP contribution < -0.4 is 11.1 Å². The second kappa shape index (κ2) is 6.85. The molecule has 1 fully saturated rings. The first-order valence-corrected chi connectivity index (χ1v) is 8.75. The van der Waals surface area contributed by atoms with E-state index in [9.17, 15) is 4.79 Å². The minimum Gasteiger partial charge on any atom is -0.351 e. The maximum Gasteiger partial charge on any atom is 0.251 e. The van der Waals surface area contributed by atoms with Gasteiger partial charge in [-0.2, -0.15) is 0 Å². The minimum absolute atomic E-state index is 0.0187. The normalized spacial score (nSPS) is 15.7. The second-order valence-electron chi connectivity index (χ2n) is 6.23. The van der Waals surface area contributed by atoms with Gasteiger partial charge in [-0.3, -0.25) is 4.79 Å². The SMILES string of the molecule is NCc1ccc(C(=O)NCC2(c3cccc(Br)c3)CCC2)cc1. The Morgan fingerprint density at radius 2 is 1.91 bits per heavy atom. The van der Waals surface area contributed by atoms with Crippen molar-refractivity contribution in [1.82, 2.24) is 5.32 Å². The molecule has 4 heteroatoms. The van der Waals surface area contributed by atoms with Crippen molar-refractivity contribution in [2.75, 3.05) is 6.54 Å². The molecule has 2 aromatic rings. The van der Waals surface area contributed by atoms with Crippen LogP contribution >= 0.6 is 15.9 Å². The third-order valence-corrected chi connectivity index (χ3v) is 5.28. The van der Waals surface area contributed by atoms with E-state index in [0.717, 1.165) is 22.9 Å². The number of hydrogen-bond donors (Lipinski definition) is 2. The molecule has 0 heterocycles. The third kappa shape index (κ3) is 3.48. The number of nitrogens with one attached hydrogen (secondary N) is 1. The highest BCUT2D eigenvalue weighted by atomic mass is 79.9. The zero-order valence-corrected chi connectivity index (χ0v) is 14.6. The van der Waals surface area contributed by atoms with Gasteiger partial charge >= 0.3 is 0 Å². The summed E-state index contributed by atoms with van der Waals surface area (Å²) < 4.78 is 1.09. The fourth-order valence-electron chi connectivity index (χ4n) is 3.13. The van der Waals surface area contributed by atoms with Crippen molar-refractivity contribution >= 4 is 21.8 Å². The predicted octanol–water partition coefficient (Wildman–Crippen LogP) is 3.76. The molecule has 1 aliphatic carbocycles. The second-order valence-corrected chi connectivity index (χ2v) is 7.14. The molecule has 0 saturated heterocycles. The fourth-order valence-corrected chi connectivity index (χ4v) is 3.53.